The van der Waals surface area contributed by atoms with Crippen molar-refractivity contribution in [3.05, 3.63) is 9.98 Å². The van der Waals surface area contributed by atoms with Crippen LogP contribution in [-0.4, -0.2) is 39.6 Å². The molecule has 1 aromatic rings. The molecule has 2 amide bonds. The van der Waals surface area contributed by atoms with E-state index in [9.17, 15) is 14.7 Å². The Balaban J connectivity index is 1.75. The van der Waals surface area contributed by atoms with E-state index in [1.807, 2.05) is 0 Å². The van der Waals surface area contributed by atoms with Gasteiger partial charge in [-0.2, -0.15) is 0 Å². The summed E-state index contributed by atoms with van der Waals surface area (Å²) in [4.78, 5) is 29.2. The molecule has 3 rings (SSSR count). The maximum atomic E-state index is 12.3. The Hall–Kier alpha value is -1.15. The molecule has 2 heterocycles. The Morgan fingerprint density at radius 3 is 2.95 bits per heavy atom. The van der Waals surface area contributed by atoms with E-state index in [0.717, 1.165) is 23.0 Å². The second-order valence-electron chi connectivity index (χ2n) is 5.19. The van der Waals surface area contributed by atoms with Gasteiger partial charge in [0.15, 0.2) is 5.13 Å². The number of carboxylic acids is 1. The molecular formula is C12H14BrN3O3S. The summed E-state index contributed by atoms with van der Waals surface area (Å²) in [7, 11) is 0. The standard InChI is InChI=1S/C12H14BrN3O3S/c13-8-4-14-11(20-8)15-12(19)16-5-6-2-1-3-7(6)9(16)10(17)18/h4,6-7,9H,1-3,5H2,(H,17,18)(H,14,15,19). The van der Waals surface area contributed by atoms with Gasteiger partial charge in [-0.25, -0.2) is 14.6 Å². The first kappa shape index (κ1) is 13.8. The number of nitrogens with zero attached hydrogens (tertiary/aromatic N) is 2. The van der Waals surface area contributed by atoms with Gasteiger partial charge in [-0.15, -0.1) is 0 Å². The summed E-state index contributed by atoms with van der Waals surface area (Å²) in [5, 5.41) is 12.6. The first-order valence-electron chi connectivity index (χ1n) is 6.48. The predicted octanol–water partition coefficient (Wildman–Crippen LogP) is 2.62. The molecule has 1 aromatic heterocycles. The van der Waals surface area contributed by atoms with Gasteiger partial charge in [-0.3, -0.25) is 5.32 Å². The van der Waals surface area contributed by atoms with Gasteiger partial charge in [0.1, 0.15) is 6.04 Å². The molecule has 0 spiro atoms. The largest absolute Gasteiger partial charge is 0.480 e. The molecule has 3 atom stereocenters. The molecule has 6 nitrogen and oxygen atoms in total. The van der Waals surface area contributed by atoms with E-state index >= 15 is 0 Å². The minimum Gasteiger partial charge on any atom is -0.480 e. The van der Waals surface area contributed by atoms with Gasteiger partial charge in [-0.05, 0) is 40.6 Å². The van der Waals surface area contributed by atoms with Crippen molar-refractivity contribution in [3.63, 3.8) is 0 Å². The fourth-order valence-corrected chi connectivity index (χ4v) is 4.40. The van der Waals surface area contributed by atoms with Crippen molar-refractivity contribution in [2.45, 2.75) is 25.3 Å². The number of amides is 2. The number of anilines is 1. The van der Waals surface area contributed by atoms with E-state index < -0.39 is 12.0 Å². The molecule has 0 radical (unpaired) electrons. The van der Waals surface area contributed by atoms with Crippen molar-refractivity contribution in [2.24, 2.45) is 11.8 Å². The van der Waals surface area contributed by atoms with Crippen LogP contribution in [-0.2, 0) is 4.79 Å². The van der Waals surface area contributed by atoms with Gasteiger partial charge in [0.25, 0.3) is 0 Å². The van der Waals surface area contributed by atoms with Crippen molar-refractivity contribution in [1.82, 2.24) is 9.88 Å². The fourth-order valence-electron chi connectivity index (χ4n) is 3.31. The summed E-state index contributed by atoms with van der Waals surface area (Å²) in [6.07, 6.45) is 4.58. The van der Waals surface area contributed by atoms with Crippen molar-refractivity contribution in [3.8, 4) is 0 Å². The number of aliphatic carboxylic acids is 1. The van der Waals surface area contributed by atoms with Crippen molar-refractivity contribution in [1.29, 1.82) is 0 Å². The molecule has 2 aliphatic rings. The second kappa shape index (κ2) is 5.33. The molecule has 0 aromatic carbocycles. The molecule has 2 N–H and O–H groups in total. The number of halogens is 1. The Bertz CT molecular complexity index is 550. The molecular weight excluding hydrogens is 346 g/mol. The number of urea groups is 1. The number of hydrogen-bond donors (Lipinski definition) is 2. The smallest absolute Gasteiger partial charge is 0.326 e. The van der Waals surface area contributed by atoms with Crippen LogP contribution >= 0.6 is 27.3 Å². The Morgan fingerprint density at radius 2 is 2.30 bits per heavy atom. The second-order valence-corrected chi connectivity index (χ2v) is 7.60. The zero-order valence-electron chi connectivity index (χ0n) is 10.6. The maximum absolute atomic E-state index is 12.3. The first-order valence-corrected chi connectivity index (χ1v) is 8.09. The normalized spacial score (nSPS) is 28.4. The molecule has 1 aliphatic heterocycles. The summed E-state index contributed by atoms with van der Waals surface area (Å²) in [5.74, 6) is -0.485. The van der Waals surface area contributed by atoms with Crippen LogP contribution in [0.25, 0.3) is 0 Å². The van der Waals surface area contributed by atoms with Crippen LogP contribution in [0.4, 0.5) is 9.93 Å². The Morgan fingerprint density at radius 1 is 1.50 bits per heavy atom. The molecule has 1 aliphatic carbocycles. The SMILES string of the molecule is O=C(O)C1C2CCCC2CN1C(=O)Nc1ncc(Br)s1. The molecule has 1 saturated carbocycles. The summed E-state index contributed by atoms with van der Waals surface area (Å²) >= 11 is 4.58. The number of likely N-dealkylation sites (tertiary alicyclic amines) is 1. The van der Waals surface area contributed by atoms with Crippen LogP contribution in [0.15, 0.2) is 9.98 Å². The molecule has 3 unspecified atom stereocenters. The number of thiazole rings is 1. The molecule has 1 saturated heterocycles. The van der Waals surface area contributed by atoms with Crippen molar-refractivity contribution < 1.29 is 14.7 Å². The van der Waals surface area contributed by atoms with Crippen molar-refractivity contribution in [2.75, 3.05) is 11.9 Å². The Labute approximate surface area is 128 Å². The topological polar surface area (TPSA) is 82.5 Å². The number of carbonyl (C=O) groups is 2. The van der Waals surface area contributed by atoms with E-state index in [1.54, 1.807) is 6.20 Å². The van der Waals surface area contributed by atoms with Crippen LogP contribution in [0.2, 0.25) is 0 Å². The van der Waals surface area contributed by atoms with E-state index in [2.05, 4.69) is 26.2 Å². The molecule has 8 heteroatoms. The number of fused-ring (bicyclic) bond motifs is 1. The Kier molecular flexibility index (Phi) is 3.68. The van der Waals surface area contributed by atoms with E-state index in [1.165, 1.54) is 16.2 Å². The van der Waals surface area contributed by atoms with Crippen LogP contribution in [0.5, 0.6) is 0 Å². The van der Waals surface area contributed by atoms with Crippen LogP contribution in [0, 0.1) is 11.8 Å². The fraction of sp³-hybridized carbons (Fsp3) is 0.583. The molecule has 0 bridgehead atoms. The quantitative estimate of drug-likeness (QED) is 0.850. The minimum absolute atomic E-state index is 0.0984. The lowest BCUT2D eigenvalue weighted by molar-refractivity contribution is -0.142. The lowest BCUT2D eigenvalue weighted by Gasteiger charge is -2.24. The van der Waals surface area contributed by atoms with Gasteiger partial charge in [0, 0.05) is 6.54 Å². The number of hydrogen-bond acceptors (Lipinski definition) is 4. The van der Waals surface area contributed by atoms with Crippen LogP contribution in [0.3, 0.4) is 0 Å². The van der Waals surface area contributed by atoms with Gasteiger partial charge < -0.3 is 10.0 Å². The highest BCUT2D eigenvalue weighted by Gasteiger charge is 2.49. The first-order chi connectivity index (χ1) is 9.56. The van der Waals surface area contributed by atoms with E-state index in [4.69, 9.17) is 0 Å². The third kappa shape index (κ3) is 2.42. The highest BCUT2D eigenvalue weighted by Crippen LogP contribution is 2.42. The maximum Gasteiger partial charge on any atom is 0.326 e. The highest BCUT2D eigenvalue weighted by molar-refractivity contribution is 9.11. The summed E-state index contributed by atoms with van der Waals surface area (Å²) in [6, 6.07) is -1.07. The average Bonchev–Trinajstić information content (AvgIpc) is 3.02. The van der Waals surface area contributed by atoms with Gasteiger partial charge in [0.05, 0.1) is 9.98 Å². The van der Waals surface area contributed by atoms with Crippen molar-refractivity contribution >= 4 is 44.4 Å². The lowest BCUT2D eigenvalue weighted by Crippen LogP contribution is -2.45. The highest BCUT2D eigenvalue weighted by atomic mass is 79.9. The van der Waals surface area contributed by atoms with Gasteiger partial charge >= 0.3 is 12.0 Å². The minimum atomic E-state index is -0.908. The van der Waals surface area contributed by atoms with Gasteiger partial charge in [-0.1, -0.05) is 17.8 Å². The van der Waals surface area contributed by atoms with Crippen LogP contribution < -0.4 is 5.32 Å². The monoisotopic (exact) mass is 359 g/mol. The number of nitrogens with one attached hydrogen (secondary N) is 1. The van der Waals surface area contributed by atoms with Gasteiger partial charge in [0.2, 0.25) is 0 Å². The average molecular weight is 360 g/mol. The lowest BCUT2D eigenvalue weighted by atomic mass is 9.94. The third-order valence-electron chi connectivity index (χ3n) is 4.10. The third-order valence-corrected chi connectivity index (χ3v) is 5.49. The number of carbonyl (C=O) groups excluding carboxylic acids is 1. The number of rotatable bonds is 2. The van der Waals surface area contributed by atoms with E-state index in [-0.39, 0.29) is 11.9 Å². The summed E-state index contributed by atoms with van der Waals surface area (Å²) < 4.78 is 0.820. The molecule has 20 heavy (non-hydrogen) atoms. The van der Waals surface area contributed by atoms with Crippen LogP contribution in [0.1, 0.15) is 19.3 Å². The number of carboxylic acid groups (broad SMARTS) is 1. The molecule has 2 fully saturated rings. The summed E-state index contributed by atoms with van der Waals surface area (Å²) in [5.41, 5.74) is 0. The molecule has 108 valence electrons. The zero-order chi connectivity index (χ0) is 14.3. The number of aromatic nitrogens is 1. The predicted molar refractivity (Wildman–Crippen MR) is 77.8 cm³/mol. The summed E-state index contributed by atoms with van der Waals surface area (Å²) in [6.45, 7) is 0.528. The van der Waals surface area contributed by atoms with E-state index in [0.29, 0.717) is 17.6 Å². The zero-order valence-corrected chi connectivity index (χ0v) is 13.0.